The average molecular weight is 594 g/mol. The molecule has 0 radical (unpaired) electrons. The number of aryl methyl sites for hydroxylation is 1. The summed E-state index contributed by atoms with van der Waals surface area (Å²) in [6.45, 7) is 2.70. The number of hydrogen-bond acceptors (Lipinski definition) is 4. The molecule has 0 aliphatic carbocycles. The van der Waals surface area contributed by atoms with E-state index in [0.29, 0.717) is 18.7 Å². The number of benzene rings is 5. The molecule has 0 aromatic heterocycles. The molecular weight excluding hydrogens is 554 g/mol. The molecule has 0 atom stereocenters. The van der Waals surface area contributed by atoms with E-state index in [0.717, 1.165) is 61.4 Å². The smallest absolute Gasteiger partial charge is 0.254 e. The van der Waals surface area contributed by atoms with Crippen LogP contribution >= 0.6 is 0 Å². The number of aliphatic imine (C=N–C) groups is 1. The fraction of sp³-hybridized carbons (Fsp3) is 0.200. The van der Waals surface area contributed by atoms with E-state index in [4.69, 9.17) is 4.99 Å². The van der Waals surface area contributed by atoms with E-state index in [9.17, 15) is 9.90 Å². The van der Waals surface area contributed by atoms with Crippen LogP contribution in [0.4, 0.5) is 5.69 Å². The van der Waals surface area contributed by atoms with Gasteiger partial charge in [0.1, 0.15) is 11.6 Å². The topological polar surface area (TPSA) is 56.1 Å². The monoisotopic (exact) mass is 593 g/mol. The first kappa shape index (κ1) is 29.9. The lowest BCUT2D eigenvalue weighted by atomic mass is 10.0. The van der Waals surface area contributed by atoms with Crippen LogP contribution in [-0.4, -0.2) is 39.7 Å². The van der Waals surface area contributed by atoms with Crippen molar-refractivity contribution in [3.05, 3.63) is 167 Å². The van der Waals surface area contributed by atoms with Gasteiger partial charge >= 0.3 is 0 Å². The predicted octanol–water partition coefficient (Wildman–Crippen LogP) is 8.00. The number of phenols is 1. The van der Waals surface area contributed by atoms with Crippen molar-refractivity contribution in [3.63, 3.8) is 0 Å². The number of nitrogens with zero attached hydrogens (tertiary/aromatic N) is 3. The largest absolute Gasteiger partial charge is 0.508 e. The van der Waals surface area contributed by atoms with Gasteiger partial charge in [0.2, 0.25) is 0 Å². The summed E-state index contributed by atoms with van der Waals surface area (Å²) in [6.07, 6.45) is 3.45. The molecule has 0 unspecified atom stereocenters. The van der Waals surface area contributed by atoms with Crippen molar-refractivity contribution in [1.29, 1.82) is 0 Å². The maximum atomic E-state index is 14.1. The molecule has 1 N–H and O–H groups in total. The SMILES string of the molecule is O=C(c1ccc2c(c1)N=C(CCc1ccccc1)N(CCc1ccccc1)C2)N(CCc1ccccc1)Cc1ccc(O)cc1. The Kier molecular flexibility index (Phi) is 9.66. The maximum absolute atomic E-state index is 14.1. The van der Waals surface area contributed by atoms with E-state index >= 15 is 0 Å². The number of carbonyl (C=O) groups is 1. The third-order valence-corrected chi connectivity index (χ3v) is 8.41. The molecule has 1 aliphatic heterocycles. The van der Waals surface area contributed by atoms with Crippen LogP contribution in [0.3, 0.4) is 0 Å². The Balaban J connectivity index is 1.24. The maximum Gasteiger partial charge on any atom is 0.254 e. The van der Waals surface area contributed by atoms with Crippen LogP contribution in [0.15, 0.2) is 138 Å². The summed E-state index contributed by atoms with van der Waals surface area (Å²) in [4.78, 5) is 23.5. The summed E-state index contributed by atoms with van der Waals surface area (Å²) in [7, 11) is 0. The van der Waals surface area contributed by atoms with Crippen LogP contribution in [0.2, 0.25) is 0 Å². The van der Waals surface area contributed by atoms with Crippen molar-refractivity contribution in [2.45, 2.75) is 38.8 Å². The molecule has 0 saturated carbocycles. The Morgan fingerprint density at radius 2 is 1.27 bits per heavy atom. The highest BCUT2D eigenvalue weighted by Gasteiger charge is 2.23. The van der Waals surface area contributed by atoms with Gasteiger partial charge < -0.3 is 14.9 Å². The predicted molar refractivity (Wildman–Crippen MR) is 182 cm³/mol. The molecule has 45 heavy (non-hydrogen) atoms. The standard InChI is InChI=1S/C40H39N3O2/c44-37-21-16-34(17-22-37)29-43(27-25-33-14-8-3-9-15-33)40(45)35-19-20-36-30-42(26-24-32-12-6-2-7-13-32)39(41-38(36)28-35)23-18-31-10-4-1-5-11-31/h1-17,19-22,28,44H,18,23-27,29-30H2. The zero-order chi connectivity index (χ0) is 30.8. The summed E-state index contributed by atoms with van der Waals surface area (Å²) >= 11 is 0. The van der Waals surface area contributed by atoms with Gasteiger partial charge in [0, 0.05) is 38.2 Å². The van der Waals surface area contributed by atoms with Gasteiger partial charge in [0.15, 0.2) is 0 Å². The van der Waals surface area contributed by atoms with Crippen LogP contribution < -0.4 is 0 Å². The molecule has 5 nitrogen and oxygen atoms in total. The molecule has 6 rings (SSSR count). The van der Waals surface area contributed by atoms with Gasteiger partial charge in [0.05, 0.1) is 5.69 Å². The van der Waals surface area contributed by atoms with E-state index in [-0.39, 0.29) is 11.7 Å². The number of amides is 1. The molecule has 0 fully saturated rings. The third kappa shape index (κ3) is 8.07. The Morgan fingerprint density at radius 1 is 0.667 bits per heavy atom. The van der Waals surface area contributed by atoms with Gasteiger partial charge in [-0.1, -0.05) is 109 Å². The van der Waals surface area contributed by atoms with Crippen LogP contribution in [0.1, 0.15) is 44.6 Å². The van der Waals surface area contributed by atoms with Gasteiger partial charge in [-0.2, -0.15) is 0 Å². The second-order valence-corrected chi connectivity index (χ2v) is 11.6. The lowest BCUT2D eigenvalue weighted by Gasteiger charge is -2.31. The Morgan fingerprint density at radius 3 is 1.91 bits per heavy atom. The third-order valence-electron chi connectivity index (χ3n) is 8.41. The highest BCUT2D eigenvalue weighted by Crippen LogP contribution is 2.30. The van der Waals surface area contributed by atoms with Gasteiger partial charge in [-0.3, -0.25) is 4.79 Å². The van der Waals surface area contributed by atoms with Gasteiger partial charge in [-0.25, -0.2) is 4.99 Å². The van der Waals surface area contributed by atoms with Gasteiger partial charge in [-0.05, 0) is 71.3 Å². The summed E-state index contributed by atoms with van der Waals surface area (Å²) < 4.78 is 0. The molecule has 1 aliphatic rings. The molecule has 0 spiro atoms. The molecular formula is C40H39N3O2. The average Bonchev–Trinajstić information content (AvgIpc) is 3.09. The van der Waals surface area contributed by atoms with E-state index in [1.54, 1.807) is 12.1 Å². The molecule has 5 heteroatoms. The summed E-state index contributed by atoms with van der Waals surface area (Å²) in [6, 6.07) is 44.5. The molecule has 5 aromatic rings. The zero-order valence-electron chi connectivity index (χ0n) is 25.6. The number of hydrogen-bond donors (Lipinski definition) is 1. The highest BCUT2D eigenvalue weighted by molar-refractivity contribution is 5.96. The zero-order valence-corrected chi connectivity index (χ0v) is 25.6. The van der Waals surface area contributed by atoms with Crippen molar-refractivity contribution >= 4 is 17.4 Å². The molecule has 1 amide bonds. The van der Waals surface area contributed by atoms with E-state index < -0.39 is 0 Å². The van der Waals surface area contributed by atoms with Gasteiger partial charge in [-0.15, -0.1) is 0 Å². The molecule has 0 saturated heterocycles. The Hall–Kier alpha value is -5.16. The molecule has 5 aromatic carbocycles. The number of amidine groups is 1. The number of rotatable bonds is 12. The van der Waals surface area contributed by atoms with Crippen molar-refractivity contribution in [2.24, 2.45) is 4.99 Å². The minimum atomic E-state index is -0.0191. The fourth-order valence-corrected chi connectivity index (χ4v) is 5.84. The number of carbonyl (C=O) groups excluding carboxylic acids is 1. The number of fused-ring (bicyclic) bond motifs is 1. The Labute approximate surface area is 266 Å². The lowest BCUT2D eigenvalue weighted by Crippen LogP contribution is -2.35. The van der Waals surface area contributed by atoms with Crippen molar-refractivity contribution < 1.29 is 9.90 Å². The van der Waals surface area contributed by atoms with Gasteiger partial charge in [0.25, 0.3) is 5.91 Å². The van der Waals surface area contributed by atoms with Crippen molar-refractivity contribution in [2.75, 3.05) is 13.1 Å². The first-order valence-corrected chi connectivity index (χ1v) is 15.7. The summed E-state index contributed by atoms with van der Waals surface area (Å²) in [5.74, 6) is 1.26. The van der Waals surface area contributed by atoms with Crippen LogP contribution in [-0.2, 0) is 32.4 Å². The highest BCUT2D eigenvalue weighted by atomic mass is 16.3. The van der Waals surface area contributed by atoms with E-state index in [1.165, 1.54) is 16.7 Å². The number of phenolic OH excluding ortho intramolecular Hbond substituents is 1. The van der Waals surface area contributed by atoms with E-state index in [1.807, 2.05) is 53.4 Å². The quantitative estimate of drug-likeness (QED) is 0.160. The summed E-state index contributed by atoms with van der Waals surface area (Å²) in [5.41, 5.74) is 7.43. The minimum absolute atomic E-state index is 0.0191. The molecule has 0 bridgehead atoms. The summed E-state index contributed by atoms with van der Waals surface area (Å²) in [5, 5.41) is 9.78. The van der Waals surface area contributed by atoms with Crippen LogP contribution in [0.5, 0.6) is 5.75 Å². The molecule has 1 heterocycles. The normalized spacial score (nSPS) is 12.4. The first-order valence-electron chi connectivity index (χ1n) is 15.7. The lowest BCUT2D eigenvalue weighted by molar-refractivity contribution is 0.0745. The fourth-order valence-electron chi connectivity index (χ4n) is 5.84. The molecule has 226 valence electrons. The van der Waals surface area contributed by atoms with Crippen LogP contribution in [0.25, 0.3) is 0 Å². The second-order valence-electron chi connectivity index (χ2n) is 11.6. The Bertz CT molecular complexity index is 1720. The van der Waals surface area contributed by atoms with Crippen molar-refractivity contribution in [3.8, 4) is 5.75 Å². The first-order chi connectivity index (χ1) is 22.1. The van der Waals surface area contributed by atoms with Crippen molar-refractivity contribution in [1.82, 2.24) is 9.80 Å². The van der Waals surface area contributed by atoms with Crippen LogP contribution in [0, 0.1) is 0 Å². The number of aromatic hydroxyl groups is 1. The second kappa shape index (κ2) is 14.5. The minimum Gasteiger partial charge on any atom is -0.508 e. The van der Waals surface area contributed by atoms with E-state index in [2.05, 4.69) is 77.7 Å².